The monoisotopic (exact) mass is 177 g/mol. The van der Waals surface area contributed by atoms with Crippen molar-refractivity contribution in [1.29, 1.82) is 0 Å². The normalized spacial score (nSPS) is 13.4. The molecule has 0 saturated carbocycles. The highest BCUT2D eigenvalue weighted by Gasteiger charge is 2.10. The van der Waals surface area contributed by atoms with Gasteiger partial charge in [-0.05, 0) is 14.0 Å². The Morgan fingerprint density at radius 2 is 2.31 bits per heavy atom. The van der Waals surface area contributed by atoms with E-state index in [1.54, 1.807) is 12.4 Å². The van der Waals surface area contributed by atoms with Crippen LogP contribution in [0.15, 0.2) is 18.6 Å². The Morgan fingerprint density at radius 1 is 1.46 bits per heavy atom. The fourth-order valence-electron chi connectivity index (χ4n) is 1.20. The molecule has 0 aliphatic carbocycles. The van der Waals surface area contributed by atoms with Crippen molar-refractivity contribution in [3.8, 4) is 0 Å². The van der Waals surface area contributed by atoms with Crippen LogP contribution in [0, 0.1) is 0 Å². The smallest absolute Gasteiger partial charge is 0.179 e. The molecule has 0 fully saturated rings. The molecule has 0 amide bonds. The molecule has 0 radical (unpaired) electrons. The third kappa shape index (κ3) is 1.27. The summed E-state index contributed by atoms with van der Waals surface area (Å²) in [6.07, 6.45) is 5.28. The minimum Gasteiger partial charge on any atom is -0.311 e. The largest absolute Gasteiger partial charge is 0.311 e. The van der Waals surface area contributed by atoms with Crippen LogP contribution in [-0.2, 0) is 0 Å². The Morgan fingerprint density at radius 3 is 3.08 bits per heavy atom. The summed E-state index contributed by atoms with van der Waals surface area (Å²) in [6.45, 7) is 2.04. The SMILES string of the molecule is CNC(C)c1nnc2cnccn12. The standard InChI is InChI=1S/C8H11N5/c1-6(9-2)8-12-11-7-5-10-3-4-13(7)8/h3-6,9H,1-2H3. The number of rotatable bonds is 2. The van der Waals surface area contributed by atoms with E-state index in [9.17, 15) is 0 Å². The van der Waals surface area contributed by atoms with Crippen LogP contribution in [0.25, 0.3) is 5.65 Å². The molecule has 2 rings (SSSR count). The summed E-state index contributed by atoms with van der Waals surface area (Å²) in [7, 11) is 1.90. The molecule has 68 valence electrons. The Labute approximate surface area is 75.8 Å². The first-order valence-electron chi connectivity index (χ1n) is 4.15. The van der Waals surface area contributed by atoms with E-state index >= 15 is 0 Å². The van der Waals surface area contributed by atoms with Crippen molar-refractivity contribution in [3.05, 3.63) is 24.4 Å². The van der Waals surface area contributed by atoms with Gasteiger partial charge in [-0.2, -0.15) is 0 Å². The third-order valence-corrected chi connectivity index (χ3v) is 2.06. The van der Waals surface area contributed by atoms with Crippen molar-refractivity contribution in [2.24, 2.45) is 0 Å². The maximum Gasteiger partial charge on any atom is 0.179 e. The van der Waals surface area contributed by atoms with Crippen LogP contribution in [0.2, 0.25) is 0 Å². The summed E-state index contributed by atoms with van der Waals surface area (Å²) in [4.78, 5) is 3.97. The highest BCUT2D eigenvalue weighted by Crippen LogP contribution is 2.09. The van der Waals surface area contributed by atoms with Gasteiger partial charge in [-0.1, -0.05) is 0 Å². The van der Waals surface area contributed by atoms with E-state index in [4.69, 9.17) is 0 Å². The van der Waals surface area contributed by atoms with Crippen molar-refractivity contribution in [2.75, 3.05) is 7.05 Å². The summed E-state index contributed by atoms with van der Waals surface area (Å²) in [5.74, 6) is 0.903. The highest BCUT2D eigenvalue weighted by atomic mass is 15.3. The number of fused-ring (bicyclic) bond motifs is 1. The third-order valence-electron chi connectivity index (χ3n) is 2.06. The van der Waals surface area contributed by atoms with Crippen LogP contribution >= 0.6 is 0 Å². The quantitative estimate of drug-likeness (QED) is 0.721. The van der Waals surface area contributed by atoms with E-state index in [0.717, 1.165) is 11.5 Å². The molecule has 0 spiro atoms. The van der Waals surface area contributed by atoms with Crippen LogP contribution in [0.4, 0.5) is 0 Å². The van der Waals surface area contributed by atoms with E-state index in [1.807, 2.05) is 24.6 Å². The van der Waals surface area contributed by atoms with Crippen molar-refractivity contribution in [2.45, 2.75) is 13.0 Å². The second-order valence-corrected chi connectivity index (χ2v) is 2.87. The Hall–Kier alpha value is -1.49. The first-order valence-corrected chi connectivity index (χ1v) is 4.15. The maximum atomic E-state index is 4.08. The lowest BCUT2D eigenvalue weighted by atomic mass is 10.3. The van der Waals surface area contributed by atoms with Gasteiger partial charge < -0.3 is 5.32 Å². The fraction of sp³-hybridized carbons (Fsp3) is 0.375. The molecule has 0 bridgehead atoms. The van der Waals surface area contributed by atoms with Gasteiger partial charge in [0.15, 0.2) is 11.5 Å². The van der Waals surface area contributed by atoms with E-state index in [2.05, 4.69) is 20.5 Å². The minimum absolute atomic E-state index is 0.192. The minimum atomic E-state index is 0.192. The summed E-state index contributed by atoms with van der Waals surface area (Å²) in [5, 5.41) is 11.2. The number of nitrogens with one attached hydrogen (secondary N) is 1. The molecule has 2 aromatic heterocycles. The first-order chi connectivity index (χ1) is 6.33. The molecule has 2 aromatic rings. The van der Waals surface area contributed by atoms with E-state index < -0.39 is 0 Å². The Balaban J connectivity index is 2.57. The van der Waals surface area contributed by atoms with Crippen LogP contribution in [0.5, 0.6) is 0 Å². The highest BCUT2D eigenvalue weighted by molar-refractivity contribution is 5.34. The number of hydrogen-bond acceptors (Lipinski definition) is 4. The molecule has 0 aliphatic rings. The summed E-state index contributed by atoms with van der Waals surface area (Å²) in [5.41, 5.74) is 0.777. The molecule has 0 aromatic carbocycles. The van der Waals surface area contributed by atoms with Crippen molar-refractivity contribution >= 4 is 5.65 Å². The topological polar surface area (TPSA) is 55.1 Å². The van der Waals surface area contributed by atoms with Crippen LogP contribution in [0.1, 0.15) is 18.8 Å². The Bertz CT molecular complexity index is 408. The van der Waals surface area contributed by atoms with E-state index in [0.29, 0.717) is 0 Å². The van der Waals surface area contributed by atoms with Gasteiger partial charge in [0.1, 0.15) is 0 Å². The number of hydrogen-bond donors (Lipinski definition) is 1. The molecule has 1 unspecified atom stereocenters. The van der Waals surface area contributed by atoms with Gasteiger partial charge in [-0.25, -0.2) is 0 Å². The van der Waals surface area contributed by atoms with Crippen molar-refractivity contribution in [3.63, 3.8) is 0 Å². The van der Waals surface area contributed by atoms with Gasteiger partial charge in [0, 0.05) is 12.4 Å². The average molecular weight is 177 g/mol. The summed E-state index contributed by atoms with van der Waals surface area (Å²) < 4.78 is 1.92. The predicted octanol–water partition coefficient (Wildman–Crippen LogP) is 0.405. The lowest BCUT2D eigenvalue weighted by Crippen LogP contribution is -2.15. The van der Waals surface area contributed by atoms with E-state index in [-0.39, 0.29) is 6.04 Å². The zero-order valence-corrected chi connectivity index (χ0v) is 7.60. The van der Waals surface area contributed by atoms with Gasteiger partial charge in [-0.3, -0.25) is 9.38 Å². The first kappa shape index (κ1) is 8.12. The fourth-order valence-corrected chi connectivity index (χ4v) is 1.20. The molecule has 0 saturated heterocycles. The van der Waals surface area contributed by atoms with Gasteiger partial charge >= 0.3 is 0 Å². The summed E-state index contributed by atoms with van der Waals surface area (Å²) in [6, 6.07) is 0.192. The van der Waals surface area contributed by atoms with Gasteiger partial charge in [0.2, 0.25) is 0 Å². The molecule has 5 heteroatoms. The molecule has 1 atom stereocenters. The molecular formula is C8H11N5. The molecule has 5 nitrogen and oxygen atoms in total. The molecular weight excluding hydrogens is 166 g/mol. The van der Waals surface area contributed by atoms with Gasteiger partial charge in [0.05, 0.1) is 12.2 Å². The Kier molecular flexibility index (Phi) is 1.94. The van der Waals surface area contributed by atoms with Crippen LogP contribution in [-0.4, -0.2) is 26.6 Å². The number of nitrogens with zero attached hydrogens (tertiary/aromatic N) is 4. The molecule has 0 aliphatic heterocycles. The molecule has 1 N–H and O–H groups in total. The molecule has 13 heavy (non-hydrogen) atoms. The lowest BCUT2D eigenvalue weighted by molar-refractivity contribution is 0.603. The second kappa shape index (κ2) is 3.10. The second-order valence-electron chi connectivity index (χ2n) is 2.87. The van der Waals surface area contributed by atoms with Gasteiger partial charge in [-0.15, -0.1) is 10.2 Å². The zero-order chi connectivity index (χ0) is 9.26. The predicted molar refractivity (Wildman–Crippen MR) is 48.3 cm³/mol. The molecule has 2 heterocycles. The van der Waals surface area contributed by atoms with Crippen LogP contribution < -0.4 is 5.32 Å². The van der Waals surface area contributed by atoms with E-state index in [1.165, 1.54) is 0 Å². The zero-order valence-electron chi connectivity index (χ0n) is 7.60. The average Bonchev–Trinajstić information content (AvgIpc) is 2.60. The van der Waals surface area contributed by atoms with Crippen LogP contribution in [0.3, 0.4) is 0 Å². The summed E-state index contributed by atoms with van der Waals surface area (Å²) >= 11 is 0. The lowest BCUT2D eigenvalue weighted by Gasteiger charge is -2.06. The van der Waals surface area contributed by atoms with Crippen molar-refractivity contribution < 1.29 is 0 Å². The van der Waals surface area contributed by atoms with Crippen molar-refractivity contribution in [1.82, 2.24) is 24.9 Å². The van der Waals surface area contributed by atoms with Gasteiger partial charge in [0.25, 0.3) is 0 Å². The maximum absolute atomic E-state index is 4.08. The number of aromatic nitrogens is 4.